The normalized spacial score (nSPS) is 23.6. The van der Waals surface area contributed by atoms with Gasteiger partial charge in [-0.2, -0.15) is 0 Å². The predicted molar refractivity (Wildman–Crippen MR) is 64.5 cm³/mol. The van der Waals surface area contributed by atoms with Gasteiger partial charge in [-0.15, -0.1) is 0 Å². The molecular formula is C13H17NO3. The van der Waals surface area contributed by atoms with Crippen LogP contribution in [0.25, 0.3) is 0 Å². The topological polar surface area (TPSA) is 58.6 Å². The van der Waals surface area contributed by atoms with Gasteiger partial charge in [-0.05, 0) is 24.1 Å². The molecule has 0 saturated carbocycles. The number of hydrogen-bond acceptors (Lipinski definition) is 3. The number of hydrogen-bond donors (Lipinski definition) is 2. The van der Waals surface area contributed by atoms with Crippen LogP contribution in [0.3, 0.4) is 0 Å². The lowest BCUT2D eigenvalue weighted by Crippen LogP contribution is -2.21. The van der Waals surface area contributed by atoms with Crippen LogP contribution in [-0.4, -0.2) is 31.3 Å². The smallest absolute Gasteiger partial charge is 0.308 e. The van der Waals surface area contributed by atoms with E-state index in [1.165, 1.54) is 0 Å². The van der Waals surface area contributed by atoms with Crippen LogP contribution < -0.4 is 10.1 Å². The van der Waals surface area contributed by atoms with Crippen LogP contribution in [-0.2, 0) is 4.79 Å². The van der Waals surface area contributed by atoms with Crippen LogP contribution in [0.5, 0.6) is 5.75 Å². The van der Waals surface area contributed by atoms with Crippen LogP contribution in [0.2, 0.25) is 0 Å². The van der Waals surface area contributed by atoms with Gasteiger partial charge in [-0.1, -0.05) is 12.1 Å². The number of benzene rings is 1. The molecule has 0 amide bonds. The lowest BCUT2D eigenvalue weighted by atomic mass is 9.88. The van der Waals surface area contributed by atoms with Gasteiger partial charge in [0.25, 0.3) is 0 Å². The van der Waals surface area contributed by atoms with Crippen molar-refractivity contribution in [3.8, 4) is 5.75 Å². The number of rotatable bonds is 3. The third-order valence-electron chi connectivity index (χ3n) is 3.32. The highest BCUT2D eigenvalue weighted by molar-refractivity contribution is 5.72. The van der Waals surface area contributed by atoms with Crippen molar-refractivity contribution in [2.45, 2.75) is 12.8 Å². The predicted octanol–water partition coefficient (Wildman–Crippen LogP) is 1.39. The molecule has 0 bridgehead atoms. The van der Waals surface area contributed by atoms with E-state index in [9.17, 15) is 9.90 Å². The molecule has 1 aliphatic heterocycles. The second-order valence-corrected chi connectivity index (χ2v) is 4.45. The lowest BCUT2D eigenvalue weighted by molar-refractivity contribution is -0.141. The van der Waals surface area contributed by atoms with Gasteiger partial charge < -0.3 is 15.2 Å². The molecule has 2 unspecified atom stereocenters. The van der Waals surface area contributed by atoms with Gasteiger partial charge >= 0.3 is 5.97 Å². The van der Waals surface area contributed by atoms with E-state index in [4.69, 9.17) is 4.74 Å². The molecule has 1 heterocycles. The highest BCUT2D eigenvalue weighted by Gasteiger charge is 2.35. The minimum absolute atomic E-state index is 0.0111. The quantitative estimate of drug-likeness (QED) is 0.831. The highest BCUT2D eigenvalue weighted by atomic mass is 16.5. The molecule has 2 N–H and O–H groups in total. The van der Waals surface area contributed by atoms with E-state index in [-0.39, 0.29) is 11.8 Å². The van der Waals surface area contributed by atoms with Gasteiger partial charge in [-0.25, -0.2) is 0 Å². The summed E-state index contributed by atoms with van der Waals surface area (Å²) in [7, 11) is 1.62. The first-order valence-corrected chi connectivity index (χ1v) is 5.71. The van der Waals surface area contributed by atoms with E-state index in [2.05, 4.69) is 5.32 Å². The summed E-state index contributed by atoms with van der Waals surface area (Å²) >= 11 is 0. The van der Waals surface area contributed by atoms with Gasteiger partial charge in [0.1, 0.15) is 5.75 Å². The van der Waals surface area contributed by atoms with E-state index in [1.54, 1.807) is 7.11 Å². The monoisotopic (exact) mass is 235 g/mol. The van der Waals surface area contributed by atoms with Crippen molar-refractivity contribution in [2.24, 2.45) is 5.92 Å². The summed E-state index contributed by atoms with van der Waals surface area (Å²) in [6.45, 7) is 3.21. The number of aliphatic carboxylic acids is 1. The Balaban J connectivity index is 2.36. The van der Waals surface area contributed by atoms with Crippen LogP contribution in [0.1, 0.15) is 17.0 Å². The number of ether oxygens (including phenoxy) is 1. The number of methoxy groups -OCH3 is 1. The maximum Gasteiger partial charge on any atom is 0.308 e. The number of nitrogens with one attached hydrogen (secondary N) is 1. The van der Waals surface area contributed by atoms with Crippen molar-refractivity contribution >= 4 is 5.97 Å². The Kier molecular flexibility index (Phi) is 3.33. The number of carboxylic acids is 1. The molecule has 0 radical (unpaired) electrons. The molecular weight excluding hydrogens is 218 g/mol. The molecule has 1 saturated heterocycles. The molecule has 0 aromatic heterocycles. The Labute approximate surface area is 101 Å². The molecule has 2 rings (SSSR count). The van der Waals surface area contributed by atoms with Gasteiger partial charge in [0.05, 0.1) is 13.0 Å². The van der Waals surface area contributed by atoms with Crippen molar-refractivity contribution in [2.75, 3.05) is 20.2 Å². The molecule has 1 fully saturated rings. The Morgan fingerprint density at radius 3 is 2.88 bits per heavy atom. The summed E-state index contributed by atoms with van der Waals surface area (Å²) in [5.41, 5.74) is 2.10. The van der Waals surface area contributed by atoms with Gasteiger partial charge in [0.2, 0.25) is 0 Å². The van der Waals surface area contributed by atoms with Crippen molar-refractivity contribution < 1.29 is 14.6 Å². The summed E-state index contributed by atoms with van der Waals surface area (Å²) in [4.78, 5) is 11.2. The average Bonchev–Trinajstić information content (AvgIpc) is 2.77. The molecule has 1 aromatic carbocycles. The number of aryl methyl sites for hydroxylation is 1. The molecule has 92 valence electrons. The summed E-state index contributed by atoms with van der Waals surface area (Å²) < 4.78 is 5.35. The molecule has 4 heteroatoms. The van der Waals surface area contributed by atoms with Crippen molar-refractivity contribution in [3.63, 3.8) is 0 Å². The SMILES string of the molecule is COc1cc(C)ccc1C1CNCC1C(=O)O. The second-order valence-electron chi connectivity index (χ2n) is 4.45. The summed E-state index contributed by atoms with van der Waals surface area (Å²) in [6.07, 6.45) is 0. The molecule has 1 aromatic rings. The van der Waals surface area contributed by atoms with Crippen LogP contribution in [0.15, 0.2) is 18.2 Å². The molecule has 2 atom stereocenters. The van der Waals surface area contributed by atoms with Crippen LogP contribution in [0, 0.1) is 12.8 Å². The molecule has 1 aliphatic rings. The molecule has 17 heavy (non-hydrogen) atoms. The highest BCUT2D eigenvalue weighted by Crippen LogP contribution is 2.34. The zero-order chi connectivity index (χ0) is 12.4. The van der Waals surface area contributed by atoms with Crippen molar-refractivity contribution in [1.29, 1.82) is 0 Å². The van der Waals surface area contributed by atoms with E-state index in [0.717, 1.165) is 16.9 Å². The van der Waals surface area contributed by atoms with Crippen LogP contribution >= 0.6 is 0 Å². The van der Waals surface area contributed by atoms with Crippen molar-refractivity contribution in [3.05, 3.63) is 29.3 Å². The number of carbonyl (C=O) groups is 1. The molecule has 0 aliphatic carbocycles. The fraction of sp³-hybridized carbons (Fsp3) is 0.462. The maximum atomic E-state index is 11.2. The molecule has 0 spiro atoms. The maximum absolute atomic E-state index is 11.2. The van der Waals surface area contributed by atoms with Gasteiger partial charge in [0.15, 0.2) is 0 Å². The summed E-state index contributed by atoms with van der Waals surface area (Å²) in [5.74, 6) is -0.345. The van der Waals surface area contributed by atoms with Crippen molar-refractivity contribution in [1.82, 2.24) is 5.32 Å². The summed E-state index contributed by atoms with van der Waals surface area (Å²) in [6, 6.07) is 5.92. The molecule has 4 nitrogen and oxygen atoms in total. The second kappa shape index (κ2) is 4.75. The lowest BCUT2D eigenvalue weighted by Gasteiger charge is -2.18. The Bertz CT molecular complexity index is 431. The van der Waals surface area contributed by atoms with Gasteiger partial charge in [-0.3, -0.25) is 4.79 Å². The van der Waals surface area contributed by atoms with E-state index in [0.29, 0.717) is 13.1 Å². The van der Waals surface area contributed by atoms with E-state index >= 15 is 0 Å². The fourth-order valence-electron chi connectivity index (χ4n) is 2.39. The first-order chi connectivity index (χ1) is 8.13. The zero-order valence-corrected chi connectivity index (χ0v) is 10.1. The standard InChI is InChI=1S/C13H17NO3/c1-8-3-4-9(12(5-8)17-2)10-6-14-7-11(10)13(15)16/h3-5,10-11,14H,6-7H2,1-2H3,(H,15,16). The summed E-state index contributed by atoms with van der Waals surface area (Å²) in [5, 5.41) is 12.3. The first kappa shape index (κ1) is 11.9. The van der Waals surface area contributed by atoms with E-state index < -0.39 is 5.97 Å². The largest absolute Gasteiger partial charge is 0.496 e. The number of carboxylic acid groups (broad SMARTS) is 1. The first-order valence-electron chi connectivity index (χ1n) is 5.71. The average molecular weight is 235 g/mol. The Morgan fingerprint density at radius 1 is 1.47 bits per heavy atom. The third-order valence-corrected chi connectivity index (χ3v) is 3.32. The zero-order valence-electron chi connectivity index (χ0n) is 10.1. The Hall–Kier alpha value is -1.55. The minimum atomic E-state index is -0.748. The third kappa shape index (κ3) is 2.26. The van der Waals surface area contributed by atoms with E-state index in [1.807, 2.05) is 25.1 Å². The fourth-order valence-corrected chi connectivity index (χ4v) is 2.39. The van der Waals surface area contributed by atoms with Crippen LogP contribution in [0.4, 0.5) is 0 Å². The Morgan fingerprint density at radius 2 is 2.24 bits per heavy atom. The minimum Gasteiger partial charge on any atom is -0.496 e. The van der Waals surface area contributed by atoms with Gasteiger partial charge in [0, 0.05) is 19.0 Å².